The van der Waals surface area contributed by atoms with Crippen molar-refractivity contribution in [2.75, 3.05) is 33.5 Å². The van der Waals surface area contributed by atoms with Crippen LogP contribution in [0.25, 0.3) is 0 Å². The molecule has 0 aliphatic heterocycles. The third kappa shape index (κ3) is 5.99. The van der Waals surface area contributed by atoms with Gasteiger partial charge in [-0.25, -0.2) is 0 Å². The molecule has 6 heteroatoms. The van der Waals surface area contributed by atoms with E-state index in [1.807, 2.05) is 6.07 Å². The summed E-state index contributed by atoms with van der Waals surface area (Å²) in [6.07, 6.45) is -0.716. The molecule has 6 nitrogen and oxygen atoms in total. The van der Waals surface area contributed by atoms with Crippen LogP contribution in [0.1, 0.15) is 5.56 Å². The molecule has 0 bridgehead atoms. The topological polar surface area (TPSA) is 94.7 Å². The lowest BCUT2D eigenvalue weighted by molar-refractivity contribution is 0.0854. The Hall–Kier alpha value is -1.65. The standard InChI is InChI=1S/C14H20N2O4/c1-19-9-12(8-17)16-7-13(18)10-20-14-4-2-3-11(5-14)6-15/h2-5,12-13,16-18H,7-10H2,1H3. The van der Waals surface area contributed by atoms with Crippen LogP contribution < -0.4 is 10.1 Å². The Balaban J connectivity index is 2.32. The van der Waals surface area contributed by atoms with E-state index in [0.29, 0.717) is 17.9 Å². The van der Waals surface area contributed by atoms with Gasteiger partial charge in [-0.1, -0.05) is 6.07 Å². The predicted octanol–water partition coefficient (Wildman–Crippen LogP) is -0.105. The summed E-state index contributed by atoms with van der Waals surface area (Å²) in [5.41, 5.74) is 0.510. The van der Waals surface area contributed by atoms with Gasteiger partial charge >= 0.3 is 0 Å². The molecule has 110 valence electrons. The molecule has 2 unspecified atom stereocenters. The van der Waals surface area contributed by atoms with Gasteiger partial charge in [0.25, 0.3) is 0 Å². The number of rotatable bonds is 9. The fourth-order valence-corrected chi connectivity index (χ4v) is 1.59. The number of methoxy groups -OCH3 is 1. The van der Waals surface area contributed by atoms with Gasteiger partial charge in [-0.05, 0) is 18.2 Å². The molecule has 1 rings (SSSR count). The normalized spacial score (nSPS) is 13.5. The highest BCUT2D eigenvalue weighted by atomic mass is 16.5. The van der Waals surface area contributed by atoms with E-state index in [2.05, 4.69) is 5.32 Å². The molecule has 0 aliphatic carbocycles. The maximum atomic E-state index is 9.77. The number of aliphatic hydroxyl groups is 2. The Morgan fingerprint density at radius 3 is 2.85 bits per heavy atom. The SMILES string of the molecule is COCC(CO)NCC(O)COc1cccc(C#N)c1. The first kappa shape index (κ1) is 16.4. The monoisotopic (exact) mass is 280 g/mol. The van der Waals surface area contributed by atoms with Crippen molar-refractivity contribution in [1.29, 1.82) is 5.26 Å². The molecular formula is C14H20N2O4. The minimum absolute atomic E-state index is 0.0639. The summed E-state index contributed by atoms with van der Waals surface area (Å²) < 4.78 is 10.3. The lowest BCUT2D eigenvalue weighted by Crippen LogP contribution is -2.42. The van der Waals surface area contributed by atoms with Crippen molar-refractivity contribution in [1.82, 2.24) is 5.32 Å². The molecule has 0 amide bonds. The fourth-order valence-electron chi connectivity index (χ4n) is 1.59. The lowest BCUT2D eigenvalue weighted by Gasteiger charge is -2.18. The van der Waals surface area contributed by atoms with Crippen LogP contribution in [0.2, 0.25) is 0 Å². The van der Waals surface area contributed by atoms with Crippen molar-refractivity contribution in [3.63, 3.8) is 0 Å². The van der Waals surface area contributed by atoms with Crippen molar-refractivity contribution < 1.29 is 19.7 Å². The molecular weight excluding hydrogens is 260 g/mol. The van der Waals surface area contributed by atoms with E-state index in [1.54, 1.807) is 31.4 Å². The van der Waals surface area contributed by atoms with E-state index in [9.17, 15) is 5.11 Å². The molecule has 0 radical (unpaired) electrons. The van der Waals surface area contributed by atoms with Gasteiger partial charge in [-0.2, -0.15) is 5.26 Å². The van der Waals surface area contributed by atoms with Crippen LogP contribution in [-0.2, 0) is 4.74 Å². The zero-order chi connectivity index (χ0) is 14.8. The Labute approximate surface area is 118 Å². The molecule has 2 atom stereocenters. The minimum Gasteiger partial charge on any atom is -0.491 e. The summed E-state index contributed by atoms with van der Waals surface area (Å²) in [6.45, 7) is 0.694. The van der Waals surface area contributed by atoms with Gasteiger partial charge in [-0.15, -0.1) is 0 Å². The van der Waals surface area contributed by atoms with Gasteiger partial charge in [0.05, 0.1) is 30.9 Å². The van der Waals surface area contributed by atoms with Gasteiger partial charge in [0, 0.05) is 13.7 Å². The third-order valence-corrected chi connectivity index (χ3v) is 2.64. The highest BCUT2D eigenvalue weighted by Gasteiger charge is 2.10. The predicted molar refractivity (Wildman–Crippen MR) is 73.4 cm³/mol. The molecule has 0 aromatic heterocycles. The van der Waals surface area contributed by atoms with E-state index < -0.39 is 6.10 Å². The first-order chi connectivity index (χ1) is 9.69. The summed E-state index contributed by atoms with van der Waals surface area (Å²) >= 11 is 0. The molecule has 20 heavy (non-hydrogen) atoms. The Morgan fingerprint density at radius 2 is 2.20 bits per heavy atom. The zero-order valence-corrected chi connectivity index (χ0v) is 11.5. The smallest absolute Gasteiger partial charge is 0.120 e. The second-order valence-electron chi connectivity index (χ2n) is 4.35. The zero-order valence-electron chi connectivity index (χ0n) is 11.5. The van der Waals surface area contributed by atoms with Crippen molar-refractivity contribution in [3.8, 4) is 11.8 Å². The summed E-state index contributed by atoms with van der Waals surface area (Å²) in [4.78, 5) is 0. The van der Waals surface area contributed by atoms with Gasteiger partial charge in [0.1, 0.15) is 18.5 Å². The number of hydrogen-bond acceptors (Lipinski definition) is 6. The van der Waals surface area contributed by atoms with E-state index in [4.69, 9.17) is 19.8 Å². The van der Waals surface area contributed by atoms with E-state index in [1.165, 1.54) is 0 Å². The van der Waals surface area contributed by atoms with Crippen LogP contribution in [-0.4, -0.2) is 55.8 Å². The third-order valence-electron chi connectivity index (χ3n) is 2.64. The van der Waals surface area contributed by atoms with Crippen LogP contribution >= 0.6 is 0 Å². The van der Waals surface area contributed by atoms with Crippen LogP contribution in [0.5, 0.6) is 5.75 Å². The number of nitriles is 1. The van der Waals surface area contributed by atoms with Gasteiger partial charge in [-0.3, -0.25) is 0 Å². The average molecular weight is 280 g/mol. The number of ether oxygens (including phenoxy) is 2. The number of aliphatic hydroxyl groups excluding tert-OH is 2. The van der Waals surface area contributed by atoms with E-state index in [-0.39, 0.29) is 25.8 Å². The Kier molecular flexibility index (Phi) is 7.62. The highest BCUT2D eigenvalue weighted by molar-refractivity contribution is 5.36. The molecule has 3 N–H and O–H groups in total. The maximum absolute atomic E-state index is 9.77. The van der Waals surface area contributed by atoms with Crippen LogP contribution in [0, 0.1) is 11.3 Å². The van der Waals surface area contributed by atoms with Crippen LogP contribution in [0.15, 0.2) is 24.3 Å². The van der Waals surface area contributed by atoms with Gasteiger partial charge < -0.3 is 25.0 Å². The minimum atomic E-state index is -0.716. The first-order valence-electron chi connectivity index (χ1n) is 6.33. The largest absolute Gasteiger partial charge is 0.491 e. The molecule has 0 heterocycles. The molecule has 0 saturated carbocycles. The molecule has 1 aromatic rings. The Bertz CT molecular complexity index is 433. The maximum Gasteiger partial charge on any atom is 0.120 e. The second kappa shape index (κ2) is 9.28. The van der Waals surface area contributed by atoms with Crippen molar-refractivity contribution in [2.24, 2.45) is 0 Å². The highest BCUT2D eigenvalue weighted by Crippen LogP contribution is 2.12. The van der Waals surface area contributed by atoms with Crippen molar-refractivity contribution >= 4 is 0 Å². The van der Waals surface area contributed by atoms with Crippen LogP contribution in [0.3, 0.4) is 0 Å². The van der Waals surface area contributed by atoms with E-state index >= 15 is 0 Å². The molecule has 0 spiro atoms. The van der Waals surface area contributed by atoms with Gasteiger partial charge in [0.15, 0.2) is 0 Å². The summed E-state index contributed by atoms with van der Waals surface area (Å²) in [5, 5.41) is 30.6. The Morgan fingerprint density at radius 1 is 1.40 bits per heavy atom. The lowest BCUT2D eigenvalue weighted by atomic mass is 10.2. The first-order valence-corrected chi connectivity index (χ1v) is 6.33. The van der Waals surface area contributed by atoms with Crippen LogP contribution in [0.4, 0.5) is 0 Å². The van der Waals surface area contributed by atoms with Crippen molar-refractivity contribution in [3.05, 3.63) is 29.8 Å². The number of benzene rings is 1. The van der Waals surface area contributed by atoms with E-state index in [0.717, 1.165) is 0 Å². The quantitative estimate of drug-likeness (QED) is 0.584. The average Bonchev–Trinajstić information content (AvgIpc) is 2.49. The summed E-state index contributed by atoms with van der Waals surface area (Å²) in [5.74, 6) is 0.540. The number of nitrogens with one attached hydrogen (secondary N) is 1. The summed E-state index contributed by atoms with van der Waals surface area (Å²) in [7, 11) is 1.55. The number of hydrogen-bond donors (Lipinski definition) is 3. The fraction of sp³-hybridized carbons (Fsp3) is 0.500. The molecule has 1 aromatic carbocycles. The molecule has 0 aliphatic rings. The molecule has 0 saturated heterocycles. The summed E-state index contributed by atoms with van der Waals surface area (Å²) in [6, 6.07) is 8.55. The molecule has 0 fully saturated rings. The second-order valence-corrected chi connectivity index (χ2v) is 4.35. The van der Waals surface area contributed by atoms with Crippen molar-refractivity contribution in [2.45, 2.75) is 12.1 Å². The van der Waals surface area contributed by atoms with Gasteiger partial charge in [0.2, 0.25) is 0 Å². The number of nitrogens with zero attached hydrogens (tertiary/aromatic N) is 1.